The highest BCUT2D eigenvalue weighted by Gasteiger charge is 2.39. The van der Waals surface area contributed by atoms with Gasteiger partial charge in [-0.05, 0) is 31.2 Å². The smallest absolute Gasteiger partial charge is 0.116 e. The van der Waals surface area contributed by atoms with E-state index in [1.54, 1.807) is 0 Å². The fraction of sp³-hybridized carbons (Fsp3) is 0.364. The molecule has 2 aromatic carbocycles. The molecule has 2 aliphatic heterocycles. The Balaban J connectivity index is 1.37. The Morgan fingerprint density at radius 3 is 2.62 bits per heavy atom. The molecular weight excluding hydrogens is 320 g/mol. The molecule has 26 heavy (non-hydrogen) atoms. The van der Waals surface area contributed by atoms with Gasteiger partial charge in [0, 0.05) is 25.2 Å². The van der Waals surface area contributed by atoms with Crippen LogP contribution >= 0.6 is 0 Å². The fourth-order valence-corrected chi connectivity index (χ4v) is 4.54. The maximum absolute atomic E-state index is 4.57. The summed E-state index contributed by atoms with van der Waals surface area (Å²) in [6, 6.07) is 19.9. The van der Waals surface area contributed by atoms with Crippen LogP contribution in [0.25, 0.3) is 11.3 Å². The van der Waals surface area contributed by atoms with E-state index in [2.05, 4.69) is 81.4 Å². The Hall–Kier alpha value is -2.46. The zero-order valence-electron chi connectivity index (χ0n) is 15.2. The quantitative estimate of drug-likeness (QED) is 0.723. The molecule has 4 nitrogen and oxygen atoms in total. The second-order valence-corrected chi connectivity index (χ2v) is 7.74. The zero-order chi connectivity index (χ0) is 17.5. The van der Waals surface area contributed by atoms with Gasteiger partial charge in [-0.2, -0.15) is 0 Å². The lowest BCUT2D eigenvalue weighted by Crippen LogP contribution is -2.26. The maximum Gasteiger partial charge on any atom is 0.116 e. The lowest BCUT2D eigenvalue weighted by Gasteiger charge is -2.25. The molecule has 0 N–H and O–H groups in total. The Labute approximate surface area is 154 Å². The average molecular weight is 344 g/mol. The van der Waals surface area contributed by atoms with Crippen LogP contribution in [0.3, 0.4) is 0 Å². The van der Waals surface area contributed by atoms with Crippen molar-refractivity contribution in [3.8, 4) is 11.3 Å². The van der Waals surface area contributed by atoms with Crippen molar-refractivity contribution in [3.05, 3.63) is 71.4 Å². The van der Waals surface area contributed by atoms with Gasteiger partial charge in [0.2, 0.25) is 0 Å². The Morgan fingerprint density at radius 1 is 1.00 bits per heavy atom. The number of hydrogen-bond donors (Lipinski definition) is 0. The number of rotatable bonds is 3. The van der Waals surface area contributed by atoms with Crippen molar-refractivity contribution in [3.63, 3.8) is 0 Å². The second-order valence-electron chi connectivity index (χ2n) is 7.74. The number of fused-ring (bicyclic) bond motifs is 3. The van der Waals surface area contributed by atoms with Crippen molar-refractivity contribution in [2.24, 2.45) is 5.92 Å². The lowest BCUT2D eigenvalue weighted by molar-refractivity contribution is 0.306. The highest BCUT2D eigenvalue weighted by atomic mass is 15.5. The molecule has 1 fully saturated rings. The van der Waals surface area contributed by atoms with Crippen molar-refractivity contribution >= 4 is 0 Å². The number of benzene rings is 2. The summed E-state index contributed by atoms with van der Waals surface area (Å²) >= 11 is 0. The number of nitrogens with zero attached hydrogens (tertiary/aromatic N) is 4. The van der Waals surface area contributed by atoms with Crippen LogP contribution in [-0.4, -0.2) is 33.0 Å². The lowest BCUT2D eigenvalue weighted by atomic mass is 9.91. The van der Waals surface area contributed by atoms with E-state index in [1.807, 2.05) is 0 Å². The number of aryl methyl sites for hydroxylation is 1. The van der Waals surface area contributed by atoms with Crippen LogP contribution < -0.4 is 0 Å². The minimum Gasteiger partial charge on any atom is -0.297 e. The van der Waals surface area contributed by atoms with Gasteiger partial charge in [0.1, 0.15) is 5.69 Å². The van der Waals surface area contributed by atoms with E-state index < -0.39 is 0 Å². The van der Waals surface area contributed by atoms with E-state index in [9.17, 15) is 0 Å². The van der Waals surface area contributed by atoms with Gasteiger partial charge in [0.25, 0.3) is 0 Å². The first-order valence-electron chi connectivity index (χ1n) is 9.55. The SMILES string of the molecule is Cc1ccc(CN2C[C@H]3CCc4c(-c5ccccc5)nnn4[C@@H]3C2)cc1. The van der Waals surface area contributed by atoms with Crippen LogP contribution in [0.15, 0.2) is 54.6 Å². The molecule has 0 bridgehead atoms. The predicted molar refractivity (Wildman–Crippen MR) is 103 cm³/mol. The Morgan fingerprint density at radius 2 is 1.81 bits per heavy atom. The molecule has 1 saturated heterocycles. The van der Waals surface area contributed by atoms with Crippen LogP contribution in [0.2, 0.25) is 0 Å². The molecule has 4 heteroatoms. The van der Waals surface area contributed by atoms with E-state index in [0.29, 0.717) is 12.0 Å². The van der Waals surface area contributed by atoms with Crippen LogP contribution in [0.1, 0.15) is 29.3 Å². The minimum absolute atomic E-state index is 0.467. The molecule has 2 atom stereocenters. The fourth-order valence-electron chi connectivity index (χ4n) is 4.54. The monoisotopic (exact) mass is 344 g/mol. The maximum atomic E-state index is 4.57. The number of aromatic nitrogens is 3. The highest BCUT2D eigenvalue weighted by molar-refractivity contribution is 5.61. The molecule has 2 aliphatic rings. The molecule has 3 aromatic rings. The third-order valence-electron chi connectivity index (χ3n) is 5.91. The predicted octanol–water partition coefficient (Wildman–Crippen LogP) is 3.87. The summed E-state index contributed by atoms with van der Waals surface area (Å²) in [6.07, 6.45) is 2.32. The molecule has 0 aliphatic carbocycles. The van der Waals surface area contributed by atoms with Gasteiger partial charge in [-0.25, -0.2) is 4.68 Å². The average Bonchev–Trinajstić information content (AvgIpc) is 3.27. The van der Waals surface area contributed by atoms with Gasteiger partial charge < -0.3 is 0 Å². The summed E-state index contributed by atoms with van der Waals surface area (Å²) in [4.78, 5) is 2.58. The first-order valence-corrected chi connectivity index (χ1v) is 9.55. The minimum atomic E-state index is 0.467. The summed E-state index contributed by atoms with van der Waals surface area (Å²) in [6.45, 7) is 5.41. The van der Waals surface area contributed by atoms with Crippen molar-refractivity contribution in [2.75, 3.05) is 13.1 Å². The topological polar surface area (TPSA) is 34.0 Å². The van der Waals surface area contributed by atoms with Gasteiger partial charge >= 0.3 is 0 Å². The van der Waals surface area contributed by atoms with Crippen molar-refractivity contribution < 1.29 is 0 Å². The summed E-state index contributed by atoms with van der Waals surface area (Å²) < 4.78 is 2.23. The van der Waals surface area contributed by atoms with E-state index in [-0.39, 0.29) is 0 Å². The van der Waals surface area contributed by atoms with Crippen molar-refractivity contribution in [1.82, 2.24) is 19.9 Å². The molecule has 132 valence electrons. The third-order valence-corrected chi connectivity index (χ3v) is 5.91. The van der Waals surface area contributed by atoms with Gasteiger partial charge in [0.05, 0.1) is 11.7 Å². The van der Waals surface area contributed by atoms with Crippen LogP contribution in [0, 0.1) is 12.8 Å². The van der Waals surface area contributed by atoms with Gasteiger partial charge in [0.15, 0.2) is 0 Å². The van der Waals surface area contributed by atoms with Gasteiger partial charge in [-0.3, -0.25) is 4.90 Å². The molecule has 0 radical (unpaired) electrons. The largest absolute Gasteiger partial charge is 0.297 e. The Kier molecular flexibility index (Phi) is 3.86. The molecular formula is C22H24N4. The first-order chi connectivity index (χ1) is 12.8. The van der Waals surface area contributed by atoms with E-state index in [4.69, 9.17) is 0 Å². The molecule has 3 heterocycles. The van der Waals surface area contributed by atoms with Crippen LogP contribution in [-0.2, 0) is 13.0 Å². The standard InChI is InChI=1S/C22H24N4/c1-16-7-9-17(10-8-16)13-25-14-19-11-12-20-22(18-5-3-2-4-6-18)23-24-26(20)21(19)15-25/h2-10,19,21H,11-15H2,1H3/t19-,21-/m1/s1. The van der Waals surface area contributed by atoms with E-state index >= 15 is 0 Å². The molecule has 1 aromatic heterocycles. The van der Waals surface area contributed by atoms with Crippen LogP contribution in [0.5, 0.6) is 0 Å². The molecule has 0 unspecified atom stereocenters. The summed E-state index contributed by atoms with van der Waals surface area (Å²) in [5, 5.41) is 9.11. The third kappa shape index (κ3) is 2.74. The van der Waals surface area contributed by atoms with Gasteiger partial charge in [-0.15, -0.1) is 5.10 Å². The number of hydrogen-bond acceptors (Lipinski definition) is 3. The summed E-state index contributed by atoms with van der Waals surface area (Å²) in [5.74, 6) is 0.693. The van der Waals surface area contributed by atoms with E-state index in [1.165, 1.54) is 35.3 Å². The van der Waals surface area contributed by atoms with Crippen molar-refractivity contribution in [1.29, 1.82) is 0 Å². The number of likely N-dealkylation sites (tertiary alicyclic amines) is 1. The van der Waals surface area contributed by atoms with E-state index in [0.717, 1.165) is 25.2 Å². The highest BCUT2D eigenvalue weighted by Crippen LogP contribution is 2.39. The molecule has 5 rings (SSSR count). The molecule has 0 spiro atoms. The Bertz CT molecular complexity index is 898. The summed E-state index contributed by atoms with van der Waals surface area (Å²) in [7, 11) is 0. The summed E-state index contributed by atoms with van der Waals surface area (Å²) in [5.41, 5.74) is 6.29. The first kappa shape index (κ1) is 15.8. The molecule has 0 saturated carbocycles. The normalized spacial score (nSPS) is 22.2. The molecule has 0 amide bonds. The second kappa shape index (κ2) is 6.36. The zero-order valence-corrected chi connectivity index (χ0v) is 15.2. The van der Waals surface area contributed by atoms with Crippen LogP contribution in [0.4, 0.5) is 0 Å². The van der Waals surface area contributed by atoms with Gasteiger partial charge in [-0.1, -0.05) is 65.4 Å². The van der Waals surface area contributed by atoms with Crippen molar-refractivity contribution in [2.45, 2.75) is 32.4 Å².